The molecule has 266 valence electrons. The van der Waals surface area contributed by atoms with Gasteiger partial charge in [-0.2, -0.15) is 0 Å². The molecule has 2 rings (SSSR count). The second-order valence-corrected chi connectivity index (χ2v) is 13.7. The zero-order chi connectivity index (χ0) is 35.9. The van der Waals surface area contributed by atoms with Crippen molar-refractivity contribution in [2.45, 2.75) is 93.3 Å². The van der Waals surface area contributed by atoms with Gasteiger partial charge in [0.2, 0.25) is 0 Å². The summed E-state index contributed by atoms with van der Waals surface area (Å²) in [6.07, 6.45) is 1.60. The summed E-state index contributed by atoms with van der Waals surface area (Å²) in [5, 5.41) is 0. The van der Waals surface area contributed by atoms with E-state index in [2.05, 4.69) is 13.8 Å². The smallest absolute Gasteiger partial charge is 0.337 e. The fourth-order valence-corrected chi connectivity index (χ4v) is 5.13. The van der Waals surface area contributed by atoms with Crippen LogP contribution in [0.4, 0.5) is 0 Å². The molecule has 2 unspecified atom stereocenters. The third-order valence-electron chi connectivity index (χ3n) is 7.87. The van der Waals surface area contributed by atoms with Gasteiger partial charge in [0.1, 0.15) is 18.0 Å². The monoisotopic (exact) mass is 668 g/mol. The largest absolute Gasteiger partial charge is 0.493 e. The first kappa shape index (κ1) is 40.3. The Hall–Kier alpha value is -3.85. The van der Waals surface area contributed by atoms with Crippen molar-refractivity contribution in [3.05, 3.63) is 71.0 Å². The average molecular weight is 669 g/mol. The third kappa shape index (κ3) is 14.1. The normalized spacial score (nSPS) is 13.4. The number of rotatable bonds is 19. The molecule has 0 amide bonds. The van der Waals surface area contributed by atoms with E-state index in [0.717, 1.165) is 17.5 Å². The third-order valence-corrected chi connectivity index (χ3v) is 7.87. The number of hydrogen-bond donors (Lipinski definition) is 0. The Morgan fingerprint density at radius 2 is 1.50 bits per heavy atom. The maximum Gasteiger partial charge on any atom is 0.337 e. The van der Waals surface area contributed by atoms with Gasteiger partial charge in [-0.15, -0.1) is 0 Å². The maximum absolute atomic E-state index is 13.9. The van der Waals surface area contributed by atoms with Crippen LogP contribution in [0.5, 0.6) is 11.5 Å². The van der Waals surface area contributed by atoms with Gasteiger partial charge < -0.3 is 28.4 Å². The van der Waals surface area contributed by atoms with Crippen LogP contribution in [-0.4, -0.2) is 50.9 Å². The van der Waals surface area contributed by atoms with E-state index in [0.29, 0.717) is 31.1 Å². The van der Waals surface area contributed by atoms with Crippen molar-refractivity contribution in [3.63, 3.8) is 0 Å². The Morgan fingerprint density at radius 1 is 0.812 bits per heavy atom. The standard InChI is InChI=1S/C39H56O9/c1-26(2)31(21-30-17-18-34(44-10)36(22-30)45-20-14-19-43-9)23-33(38(42)48-39(6,7)8)35(47-28(5)40)24-32(27(3)4)37(41)46-25-29-15-12-11-13-16-29/h11-13,15-18,22,26-27,31-32H,14,19-21,23-25H2,1-10H3/b35-33+. The minimum atomic E-state index is -0.798. The number of carbonyl (C=O) groups excluding carboxylic acids is 3. The molecule has 0 aliphatic carbocycles. The van der Waals surface area contributed by atoms with Gasteiger partial charge in [0.25, 0.3) is 0 Å². The molecule has 48 heavy (non-hydrogen) atoms. The highest BCUT2D eigenvalue weighted by atomic mass is 16.6. The SMILES string of the molecule is COCCCOc1cc(CC(C/C(C(=O)OC(C)(C)C)=C(/CC(C(=O)OCc2ccccc2)C(C)C)OC(C)=O)C(C)C)ccc1OC. The van der Waals surface area contributed by atoms with Gasteiger partial charge in [-0.3, -0.25) is 9.59 Å². The molecule has 2 aromatic carbocycles. The molecule has 2 atom stereocenters. The first-order valence-electron chi connectivity index (χ1n) is 16.8. The van der Waals surface area contributed by atoms with Crippen LogP contribution in [0.15, 0.2) is 59.9 Å². The first-order chi connectivity index (χ1) is 22.6. The van der Waals surface area contributed by atoms with Gasteiger partial charge in [-0.05, 0) is 74.6 Å². The number of allylic oxidation sites excluding steroid dienone is 1. The zero-order valence-corrected chi connectivity index (χ0v) is 30.6. The zero-order valence-electron chi connectivity index (χ0n) is 30.6. The summed E-state index contributed by atoms with van der Waals surface area (Å²) in [5.74, 6) is -0.971. The van der Waals surface area contributed by atoms with Crippen molar-refractivity contribution in [2.75, 3.05) is 27.4 Å². The summed E-state index contributed by atoms with van der Waals surface area (Å²) in [7, 11) is 3.26. The molecule has 0 fully saturated rings. The molecule has 0 aliphatic heterocycles. The molecule has 0 aliphatic rings. The van der Waals surface area contributed by atoms with E-state index < -0.39 is 29.4 Å². The van der Waals surface area contributed by atoms with Crippen LogP contribution < -0.4 is 9.47 Å². The van der Waals surface area contributed by atoms with Gasteiger partial charge in [0.15, 0.2) is 11.5 Å². The van der Waals surface area contributed by atoms with E-state index in [-0.39, 0.29) is 48.5 Å². The summed E-state index contributed by atoms with van der Waals surface area (Å²) >= 11 is 0. The van der Waals surface area contributed by atoms with Crippen molar-refractivity contribution in [3.8, 4) is 11.5 Å². The Morgan fingerprint density at radius 3 is 2.06 bits per heavy atom. The number of ether oxygens (including phenoxy) is 6. The van der Waals surface area contributed by atoms with E-state index in [4.69, 9.17) is 28.4 Å². The second kappa shape index (κ2) is 19.8. The number of hydrogen-bond acceptors (Lipinski definition) is 9. The predicted molar refractivity (Wildman–Crippen MR) is 185 cm³/mol. The van der Waals surface area contributed by atoms with Crippen molar-refractivity contribution < 1.29 is 42.8 Å². The Labute approximate surface area is 287 Å². The molecule has 0 saturated heterocycles. The fourth-order valence-electron chi connectivity index (χ4n) is 5.13. The van der Waals surface area contributed by atoms with Crippen LogP contribution in [-0.2, 0) is 46.4 Å². The van der Waals surface area contributed by atoms with Gasteiger partial charge in [-0.25, -0.2) is 4.79 Å². The number of methoxy groups -OCH3 is 2. The quantitative estimate of drug-likeness (QED) is 0.0486. The molecule has 0 heterocycles. The molecule has 9 nitrogen and oxygen atoms in total. The van der Waals surface area contributed by atoms with E-state index in [1.54, 1.807) is 35.0 Å². The van der Waals surface area contributed by atoms with Crippen LogP contribution >= 0.6 is 0 Å². The molecule has 0 spiro atoms. The first-order valence-corrected chi connectivity index (χ1v) is 16.8. The fraction of sp³-hybridized carbons (Fsp3) is 0.564. The molecule has 0 aromatic heterocycles. The van der Waals surface area contributed by atoms with Crippen LogP contribution in [0.1, 0.15) is 85.8 Å². The van der Waals surface area contributed by atoms with Gasteiger partial charge in [-0.1, -0.05) is 64.1 Å². The van der Waals surface area contributed by atoms with Crippen molar-refractivity contribution in [1.29, 1.82) is 0 Å². The average Bonchev–Trinajstić information content (AvgIpc) is 3.01. The highest BCUT2D eigenvalue weighted by molar-refractivity contribution is 5.90. The van der Waals surface area contributed by atoms with Crippen LogP contribution in [0, 0.1) is 23.7 Å². The lowest BCUT2D eigenvalue weighted by molar-refractivity contribution is -0.154. The maximum atomic E-state index is 13.9. The van der Waals surface area contributed by atoms with Gasteiger partial charge in [0, 0.05) is 33.5 Å². The molecular weight excluding hydrogens is 612 g/mol. The predicted octanol–water partition coefficient (Wildman–Crippen LogP) is 7.88. The molecule has 0 saturated carbocycles. The van der Waals surface area contributed by atoms with E-state index >= 15 is 0 Å². The minimum Gasteiger partial charge on any atom is -0.493 e. The molecule has 9 heteroatoms. The Kier molecular flexibility index (Phi) is 16.7. The lowest BCUT2D eigenvalue weighted by Gasteiger charge is -2.27. The van der Waals surface area contributed by atoms with Gasteiger partial charge >= 0.3 is 17.9 Å². The summed E-state index contributed by atoms with van der Waals surface area (Å²) in [6.45, 7) is 15.8. The van der Waals surface area contributed by atoms with Crippen LogP contribution in [0.2, 0.25) is 0 Å². The van der Waals surface area contributed by atoms with Crippen molar-refractivity contribution in [1.82, 2.24) is 0 Å². The summed E-state index contributed by atoms with van der Waals surface area (Å²) in [6, 6.07) is 15.2. The van der Waals surface area contributed by atoms with E-state index in [1.807, 2.05) is 62.4 Å². The highest BCUT2D eigenvalue weighted by Crippen LogP contribution is 2.35. The summed E-state index contributed by atoms with van der Waals surface area (Å²) in [5.41, 5.74) is 1.30. The molecule has 0 N–H and O–H groups in total. The van der Waals surface area contributed by atoms with Crippen LogP contribution in [0.3, 0.4) is 0 Å². The van der Waals surface area contributed by atoms with Crippen molar-refractivity contribution in [2.24, 2.45) is 23.7 Å². The summed E-state index contributed by atoms with van der Waals surface area (Å²) in [4.78, 5) is 39.8. The molecular formula is C39H56O9. The number of carbonyl (C=O) groups is 3. The lowest BCUT2D eigenvalue weighted by Crippen LogP contribution is -2.29. The second-order valence-electron chi connectivity index (χ2n) is 13.7. The molecule has 0 radical (unpaired) electrons. The number of benzene rings is 2. The Bertz CT molecular complexity index is 1340. The van der Waals surface area contributed by atoms with Crippen molar-refractivity contribution >= 4 is 17.9 Å². The molecule has 2 aromatic rings. The van der Waals surface area contributed by atoms with Gasteiger partial charge in [0.05, 0.1) is 25.2 Å². The lowest BCUT2D eigenvalue weighted by atomic mass is 9.82. The molecule has 0 bridgehead atoms. The minimum absolute atomic E-state index is 0.00621. The topological polar surface area (TPSA) is 107 Å². The van der Waals surface area contributed by atoms with Crippen LogP contribution in [0.25, 0.3) is 0 Å². The Balaban J connectivity index is 2.51. The summed E-state index contributed by atoms with van der Waals surface area (Å²) < 4.78 is 34.0. The van der Waals surface area contributed by atoms with E-state index in [9.17, 15) is 14.4 Å². The number of esters is 3. The van der Waals surface area contributed by atoms with E-state index in [1.165, 1.54) is 6.92 Å². The highest BCUT2D eigenvalue weighted by Gasteiger charge is 2.33.